The van der Waals surface area contributed by atoms with Crippen LogP contribution in [0.15, 0.2) is 30.3 Å². The van der Waals surface area contributed by atoms with Crippen molar-refractivity contribution < 1.29 is 9.53 Å². The third-order valence-corrected chi connectivity index (χ3v) is 5.07. The molecule has 0 unspecified atom stereocenters. The molecule has 0 aromatic heterocycles. The topological polar surface area (TPSA) is 76.4 Å². The molecule has 0 radical (unpaired) electrons. The van der Waals surface area contributed by atoms with Gasteiger partial charge in [-0.2, -0.15) is 0 Å². The molecule has 7 heteroatoms. The van der Waals surface area contributed by atoms with Crippen molar-refractivity contribution in [2.45, 2.75) is 83.7 Å². The molecule has 0 aliphatic rings. The van der Waals surface area contributed by atoms with Gasteiger partial charge in [-0.3, -0.25) is 4.79 Å². The number of amides is 1. The van der Waals surface area contributed by atoms with E-state index in [2.05, 4.69) is 29.7 Å². The van der Waals surface area contributed by atoms with Crippen molar-refractivity contribution in [1.82, 2.24) is 10.6 Å². The Morgan fingerprint density at radius 1 is 0.935 bits per heavy atom. The van der Waals surface area contributed by atoms with Gasteiger partial charge in [-0.25, -0.2) is 0 Å². The summed E-state index contributed by atoms with van der Waals surface area (Å²) in [5.41, 5.74) is 6.79. The summed E-state index contributed by atoms with van der Waals surface area (Å²) in [5, 5.41) is 6.46. The van der Waals surface area contributed by atoms with Crippen LogP contribution < -0.4 is 16.4 Å². The van der Waals surface area contributed by atoms with Crippen LogP contribution in [0, 0.1) is 0 Å². The predicted octanol–water partition coefficient (Wildman–Crippen LogP) is 5.00. The molecule has 0 fully saturated rings. The smallest absolute Gasteiger partial charge is 0.237 e. The van der Waals surface area contributed by atoms with Gasteiger partial charge in [0.05, 0.1) is 6.04 Å². The number of carbonyl (C=O) groups is 1. The zero-order valence-corrected chi connectivity index (χ0v) is 20.9. The number of rotatable bonds is 19. The molecular weight excluding hydrogens is 433 g/mol. The minimum atomic E-state index is -0.175. The summed E-state index contributed by atoms with van der Waals surface area (Å²) in [6.07, 6.45) is 11.3. The van der Waals surface area contributed by atoms with Crippen molar-refractivity contribution in [2.24, 2.45) is 5.73 Å². The molecule has 0 spiro atoms. The Morgan fingerprint density at radius 2 is 1.61 bits per heavy atom. The maximum atomic E-state index is 12.6. The first-order valence-electron chi connectivity index (χ1n) is 11.6. The van der Waals surface area contributed by atoms with Gasteiger partial charge in [-0.05, 0) is 37.8 Å². The van der Waals surface area contributed by atoms with E-state index in [-0.39, 0.29) is 36.8 Å². The Labute approximate surface area is 202 Å². The zero-order chi connectivity index (χ0) is 21.0. The van der Waals surface area contributed by atoms with E-state index < -0.39 is 0 Å². The Kier molecular flexibility index (Phi) is 24.8. The molecule has 0 aliphatic carbocycles. The highest BCUT2D eigenvalue weighted by Crippen LogP contribution is 2.06. The molecule has 31 heavy (non-hydrogen) atoms. The van der Waals surface area contributed by atoms with Gasteiger partial charge in [-0.1, -0.05) is 75.8 Å². The van der Waals surface area contributed by atoms with E-state index in [0.717, 1.165) is 38.7 Å². The molecule has 1 aromatic rings. The number of nitrogens with one attached hydrogen (secondary N) is 2. The van der Waals surface area contributed by atoms with Crippen LogP contribution in [0.25, 0.3) is 0 Å². The van der Waals surface area contributed by atoms with E-state index >= 15 is 0 Å². The number of ether oxygens (including phenoxy) is 1. The van der Waals surface area contributed by atoms with E-state index in [1.807, 2.05) is 18.2 Å². The number of carbonyl (C=O) groups excluding carboxylic acids is 1. The van der Waals surface area contributed by atoms with Crippen LogP contribution in [0.3, 0.4) is 0 Å². The lowest BCUT2D eigenvalue weighted by Gasteiger charge is -2.18. The highest BCUT2D eigenvalue weighted by Gasteiger charge is 2.16. The van der Waals surface area contributed by atoms with Gasteiger partial charge in [0, 0.05) is 26.3 Å². The molecule has 0 heterocycles. The van der Waals surface area contributed by atoms with Crippen molar-refractivity contribution in [3.8, 4) is 0 Å². The fourth-order valence-corrected chi connectivity index (χ4v) is 3.25. The monoisotopic (exact) mass is 477 g/mol. The standard InChI is InChI=1S/C24H43N3O2.2ClH/c1-2-3-4-5-6-12-19-29-20-13-18-26-24(28)23(16-10-11-17-25)27-21-22-14-8-7-9-15-22;;/h7-9,14-15,23,27H,2-6,10-13,16-21,25H2,1H3,(H,26,28);2*1H/t23-;;/m0../s1. The third-order valence-electron chi connectivity index (χ3n) is 5.07. The largest absolute Gasteiger partial charge is 0.381 e. The number of nitrogens with two attached hydrogens (primary N) is 1. The maximum Gasteiger partial charge on any atom is 0.237 e. The Morgan fingerprint density at radius 3 is 2.32 bits per heavy atom. The quantitative estimate of drug-likeness (QED) is 0.245. The van der Waals surface area contributed by atoms with E-state index in [0.29, 0.717) is 26.2 Å². The van der Waals surface area contributed by atoms with Crippen molar-refractivity contribution in [1.29, 1.82) is 0 Å². The third kappa shape index (κ3) is 18.4. The first-order chi connectivity index (χ1) is 14.3. The van der Waals surface area contributed by atoms with Crippen molar-refractivity contribution in [2.75, 3.05) is 26.3 Å². The second-order valence-corrected chi connectivity index (χ2v) is 7.73. The second-order valence-electron chi connectivity index (χ2n) is 7.73. The lowest BCUT2D eigenvalue weighted by molar-refractivity contribution is -0.123. The number of unbranched alkanes of at least 4 members (excludes halogenated alkanes) is 6. The highest BCUT2D eigenvalue weighted by atomic mass is 35.5. The van der Waals surface area contributed by atoms with Gasteiger partial charge >= 0.3 is 0 Å². The zero-order valence-electron chi connectivity index (χ0n) is 19.3. The van der Waals surface area contributed by atoms with Gasteiger partial charge < -0.3 is 21.1 Å². The SMILES string of the molecule is CCCCCCCCOCCCNC(=O)[C@H](CCCCN)NCc1ccccc1.Cl.Cl. The summed E-state index contributed by atoms with van der Waals surface area (Å²) in [7, 11) is 0. The molecule has 182 valence electrons. The molecule has 1 aromatic carbocycles. The van der Waals surface area contributed by atoms with Crippen LogP contribution in [0.5, 0.6) is 0 Å². The normalized spacial score (nSPS) is 11.3. The molecule has 1 atom stereocenters. The Bertz CT molecular complexity index is 507. The van der Waals surface area contributed by atoms with Crippen molar-refractivity contribution in [3.05, 3.63) is 35.9 Å². The van der Waals surface area contributed by atoms with Crippen LogP contribution in [-0.2, 0) is 16.1 Å². The van der Waals surface area contributed by atoms with Crippen LogP contribution >= 0.6 is 24.8 Å². The fraction of sp³-hybridized carbons (Fsp3) is 0.708. The van der Waals surface area contributed by atoms with Gasteiger partial charge in [0.25, 0.3) is 0 Å². The lowest BCUT2D eigenvalue weighted by Crippen LogP contribution is -2.44. The summed E-state index contributed by atoms with van der Waals surface area (Å²) >= 11 is 0. The van der Waals surface area contributed by atoms with Crippen molar-refractivity contribution in [3.63, 3.8) is 0 Å². The second kappa shape index (κ2) is 23.8. The molecule has 1 rings (SSSR count). The molecular formula is C24H45Cl2N3O2. The fourth-order valence-electron chi connectivity index (χ4n) is 3.25. The van der Waals surface area contributed by atoms with E-state index in [1.54, 1.807) is 0 Å². The maximum absolute atomic E-state index is 12.6. The molecule has 1 amide bonds. The summed E-state index contributed by atoms with van der Waals surface area (Å²) in [6.45, 7) is 5.82. The van der Waals surface area contributed by atoms with Gasteiger partial charge in [-0.15, -0.1) is 24.8 Å². The molecule has 0 saturated carbocycles. The minimum Gasteiger partial charge on any atom is -0.381 e. The minimum absolute atomic E-state index is 0. The van der Waals surface area contributed by atoms with Gasteiger partial charge in [0.2, 0.25) is 5.91 Å². The average molecular weight is 479 g/mol. The van der Waals surface area contributed by atoms with E-state index in [4.69, 9.17) is 10.5 Å². The summed E-state index contributed by atoms with van der Waals surface area (Å²) in [6, 6.07) is 10.0. The van der Waals surface area contributed by atoms with Crippen LogP contribution in [-0.4, -0.2) is 38.3 Å². The van der Waals surface area contributed by atoms with Crippen LogP contribution in [0.4, 0.5) is 0 Å². The molecule has 5 nitrogen and oxygen atoms in total. The predicted molar refractivity (Wildman–Crippen MR) is 136 cm³/mol. The number of hydrogen-bond acceptors (Lipinski definition) is 4. The number of benzene rings is 1. The summed E-state index contributed by atoms with van der Waals surface area (Å²) in [4.78, 5) is 12.6. The van der Waals surface area contributed by atoms with Crippen LogP contribution in [0.2, 0.25) is 0 Å². The highest BCUT2D eigenvalue weighted by molar-refractivity contribution is 5.85. The first kappa shape index (κ1) is 32.3. The van der Waals surface area contributed by atoms with E-state index in [1.165, 1.54) is 37.7 Å². The van der Waals surface area contributed by atoms with Crippen LogP contribution in [0.1, 0.15) is 76.7 Å². The first-order valence-corrected chi connectivity index (χ1v) is 11.6. The van der Waals surface area contributed by atoms with Gasteiger partial charge in [0.1, 0.15) is 0 Å². The number of hydrogen-bond donors (Lipinski definition) is 3. The lowest BCUT2D eigenvalue weighted by atomic mass is 10.1. The number of halogens is 2. The van der Waals surface area contributed by atoms with E-state index in [9.17, 15) is 4.79 Å². The summed E-state index contributed by atoms with van der Waals surface area (Å²) in [5.74, 6) is 0.0777. The average Bonchev–Trinajstić information content (AvgIpc) is 2.75. The molecule has 4 N–H and O–H groups in total. The van der Waals surface area contributed by atoms with Crippen molar-refractivity contribution >= 4 is 30.7 Å². The molecule has 0 aliphatic heterocycles. The molecule has 0 bridgehead atoms. The summed E-state index contributed by atoms with van der Waals surface area (Å²) < 4.78 is 5.69. The Balaban J connectivity index is 0. The Hall–Kier alpha value is -0.850. The molecule has 0 saturated heterocycles. The van der Waals surface area contributed by atoms with Gasteiger partial charge in [0.15, 0.2) is 0 Å².